The van der Waals surface area contributed by atoms with Crippen molar-refractivity contribution >= 4 is 44.5 Å². The summed E-state index contributed by atoms with van der Waals surface area (Å²) in [5.74, 6) is 0.138. The molecule has 0 saturated heterocycles. The summed E-state index contributed by atoms with van der Waals surface area (Å²) in [5.41, 5.74) is 8.25. The summed E-state index contributed by atoms with van der Waals surface area (Å²) in [5, 5.41) is 29.0. The molecule has 28 heavy (non-hydrogen) atoms. The van der Waals surface area contributed by atoms with E-state index in [2.05, 4.69) is 34.8 Å². The molecule has 1 aromatic carbocycles. The molecular formula is C20H17N7O. The summed E-state index contributed by atoms with van der Waals surface area (Å²) in [7, 11) is 0. The van der Waals surface area contributed by atoms with E-state index < -0.39 is 0 Å². The van der Waals surface area contributed by atoms with E-state index in [4.69, 9.17) is 15.6 Å². The number of H-pyrrole nitrogens is 1. The second kappa shape index (κ2) is 6.29. The van der Waals surface area contributed by atoms with Crippen LogP contribution in [0.5, 0.6) is 0 Å². The third-order valence-corrected chi connectivity index (χ3v) is 4.99. The van der Waals surface area contributed by atoms with Gasteiger partial charge in [-0.25, -0.2) is 0 Å². The molecule has 0 fully saturated rings. The molecule has 0 aliphatic rings. The molecule has 4 rings (SSSR count). The number of fused-ring (bicyclic) bond motifs is 2. The van der Waals surface area contributed by atoms with Crippen molar-refractivity contribution in [3.63, 3.8) is 0 Å². The zero-order chi connectivity index (χ0) is 20.0. The Bertz CT molecular complexity index is 1390. The molecule has 0 amide bonds. The second-order valence-electron chi connectivity index (χ2n) is 6.36. The molecular weight excluding hydrogens is 354 g/mol. The molecule has 0 unspecified atom stereocenters. The number of benzene rings is 1. The molecule has 0 bridgehead atoms. The van der Waals surface area contributed by atoms with Gasteiger partial charge in [0.05, 0.1) is 10.9 Å². The Kier molecular flexibility index (Phi) is 3.90. The van der Waals surface area contributed by atoms with E-state index in [1.165, 1.54) is 0 Å². The van der Waals surface area contributed by atoms with Crippen LogP contribution < -0.4 is 16.1 Å². The van der Waals surface area contributed by atoms with E-state index in [1.807, 2.05) is 24.3 Å². The van der Waals surface area contributed by atoms with Gasteiger partial charge in [0.1, 0.15) is 34.7 Å². The van der Waals surface area contributed by atoms with Gasteiger partial charge in [-0.15, -0.1) is 0 Å². The van der Waals surface area contributed by atoms with Crippen molar-refractivity contribution in [1.29, 1.82) is 15.9 Å². The number of aromatic amines is 1. The molecule has 3 heterocycles. The number of rotatable bonds is 3. The maximum atomic E-state index is 9.71. The molecule has 3 aromatic heterocycles. The number of anilines is 2. The highest BCUT2D eigenvalue weighted by Gasteiger charge is 2.21. The number of aromatic nitrogens is 2. The SMILES string of the molecule is CCN(CC)c1ccc2c(c1)oc1nc(=N)c(C#N)c3[nH]c(N)c(C#N)c2c13. The summed E-state index contributed by atoms with van der Waals surface area (Å²) in [6, 6.07) is 9.89. The zero-order valence-corrected chi connectivity index (χ0v) is 15.4. The minimum absolute atomic E-state index is 0.0583. The van der Waals surface area contributed by atoms with Gasteiger partial charge in [0.25, 0.3) is 0 Å². The average molecular weight is 371 g/mol. The summed E-state index contributed by atoms with van der Waals surface area (Å²) < 4.78 is 6.01. The van der Waals surface area contributed by atoms with Gasteiger partial charge in [0.2, 0.25) is 5.71 Å². The molecule has 8 nitrogen and oxygen atoms in total. The van der Waals surface area contributed by atoms with E-state index in [1.54, 1.807) is 0 Å². The Morgan fingerprint density at radius 2 is 1.89 bits per heavy atom. The van der Waals surface area contributed by atoms with Crippen LogP contribution in [0.3, 0.4) is 0 Å². The molecule has 0 radical (unpaired) electrons. The molecule has 4 N–H and O–H groups in total. The zero-order valence-electron chi connectivity index (χ0n) is 15.4. The molecule has 0 aliphatic heterocycles. The van der Waals surface area contributed by atoms with E-state index in [0.29, 0.717) is 27.3 Å². The van der Waals surface area contributed by atoms with Gasteiger partial charge >= 0.3 is 0 Å². The fourth-order valence-corrected chi connectivity index (χ4v) is 3.64. The van der Waals surface area contributed by atoms with Gasteiger partial charge < -0.3 is 20.0 Å². The fourth-order valence-electron chi connectivity index (χ4n) is 3.64. The minimum Gasteiger partial charge on any atom is -0.437 e. The number of pyridine rings is 2. The quantitative estimate of drug-likeness (QED) is 0.373. The molecule has 4 aromatic rings. The van der Waals surface area contributed by atoms with Crippen molar-refractivity contribution in [2.45, 2.75) is 13.8 Å². The summed E-state index contributed by atoms with van der Waals surface area (Å²) in [6.07, 6.45) is 0. The van der Waals surface area contributed by atoms with Crippen LogP contribution in [0.15, 0.2) is 22.6 Å². The molecule has 0 spiro atoms. The van der Waals surface area contributed by atoms with Crippen molar-refractivity contribution in [2.75, 3.05) is 23.7 Å². The number of nitrogens with zero attached hydrogens (tertiary/aromatic N) is 4. The van der Waals surface area contributed by atoms with Gasteiger partial charge in [-0.05, 0) is 26.0 Å². The fraction of sp³-hybridized carbons (Fsp3) is 0.200. The highest BCUT2D eigenvalue weighted by Crippen LogP contribution is 2.37. The molecule has 0 aliphatic carbocycles. The van der Waals surface area contributed by atoms with Crippen molar-refractivity contribution in [2.24, 2.45) is 0 Å². The summed E-state index contributed by atoms with van der Waals surface area (Å²) in [4.78, 5) is 9.22. The lowest BCUT2D eigenvalue weighted by atomic mass is 10.00. The number of nitrogen functional groups attached to an aromatic ring is 1. The maximum absolute atomic E-state index is 9.71. The molecule has 0 saturated carbocycles. The number of nitrogens with one attached hydrogen (secondary N) is 2. The van der Waals surface area contributed by atoms with Crippen LogP contribution in [0.4, 0.5) is 11.5 Å². The second-order valence-corrected chi connectivity index (χ2v) is 6.36. The Morgan fingerprint density at radius 1 is 1.18 bits per heavy atom. The first-order valence-electron chi connectivity index (χ1n) is 8.85. The molecule has 8 heteroatoms. The van der Waals surface area contributed by atoms with Gasteiger partial charge in [0, 0.05) is 35.6 Å². The average Bonchev–Trinajstić information content (AvgIpc) is 2.68. The Balaban J connectivity index is 2.27. The summed E-state index contributed by atoms with van der Waals surface area (Å²) in [6.45, 7) is 5.82. The maximum Gasteiger partial charge on any atom is 0.231 e. The lowest BCUT2D eigenvalue weighted by molar-refractivity contribution is 0.643. The molecule has 0 atom stereocenters. The van der Waals surface area contributed by atoms with Gasteiger partial charge in [-0.3, -0.25) is 5.41 Å². The van der Waals surface area contributed by atoms with E-state index in [9.17, 15) is 10.5 Å². The minimum atomic E-state index is -0.209. The summed E-state index contributed by atoms with van der Waals surface area (Å²) >= 11 is 0. The predicted molar refractivity (Wildman–Crippen MR) is 107 cm³/mol. The van der Waals surface area contributed by atoms with Crippen LogP contribution >= 0.6 is 0 Å². The van der Waals surface area contributed by atoms with Crippen molar-refractivity contribution in [3.05, 3.63) is 34.8 Å². The smallest absolute Gasteiger partial charge is 0.231 e. The first-order valence-corrected chi connectivity index (χ1v) is 8.85. The molecule has 138 valence electrons. The first-order chi connectivity index (χ1) is 13.5. The Labute approximate surface area is 159 Å². The standard InChI is InChI=1S/C20H17N7O/c1-3-27(4-2)10-5-6-11-14(7-10)28-20-16-15(11)12(8-21)18(23)25-17(16)13(9-22)19(24)26-20/h5-7,24-25H,3-4,23H2,1-2H3. The lowest BCUT2D eigenvalue weighted by Gasteiger charge is -2.21. The monoisotopic (exact) mass is 371 g/mol. The van der Waals surface area contributed by atoms with Crippen LogP contribution in [0.1, 0.15) is 25.0 Å². The third-order valence-electron chi connectivity index (χ3n) is 4.99. The largest absolute Gasteiger partial charge is 0.437 e. The van der Waals surface area contributed by atoms with Crippen molar-refractivity contribution < 1.29 is 4.42 Å². The van der Waals surface area contributed by atoms with Crippen LogP contribution in [-0.2, 0) is 0 Å². The topological polar surface area (TPSA) is 143 Å². The first kappa shape index (κ1) is 17.4. The number of hydrogen-bond donors (Lipinski definition) is 3. The van der Waals surface area contributed by atoms with E-state index in [0.717, 1.165) is 18.8 Å². The number of nitriles is 2. The normalized spacial score (nSPS) is 11.0. The van der Waals surface area contributed by atoms with E-state index >= 15 is 0 Å². The highest BCUT2D eigenvalue weighted by molar-refractivity contribution is 6.20. The Morgan fingerprint density at radius 3 is 2.54 bits per heavy atom. The number of nitrogens with two attached hydrogens (primary N) is 1. The third kappa shape index (κ3) is 2.29. The predicted octanol–water partition coefficient (Wildman–Crippen LogP) is 3.11. The Hall–Kier alpha value is -4.04. The van der Waals surface area contributed by atoms with Crippen LogP contribution in [0.25, 0.3) is 33.0 Å². The van der Waals surface area contributed by atoms with Crippen LogP contribution in [0, 0.1) is 28.1 Å². The van der Waals surface area contributed by atoms with Crippen molar-refractivity contribution in [3.8, 4) is 12.1 Å². The lowest BCUT2D eigenvalue weighted by Crippen LogP contribution is -2.21. The van der Waals surface area contributed by atoms with E-state index in [-0.39, 0.29) is 28.1 Å². The van der Waals surface area contributed by atoms with Gasteiger partial charge in [-0.1, -0.05) is 0 Å². The van der Waals surface area contributed by atoms with Crippen LogP contribution in [-0.4, -0.2) is 23.1 Å². The highest BCUT2D eigenvalue weighted by atomic mass is 16.3. The van der Waals surface area contributed by atoms with Gasteiger partial charge in [0.15, 0.2) is 5.49 Å². The number of hydrogen-bond acceptors (Lipinski definition) is 7. The van der Waals surface area contributed by atoms with Crippen LogP contribution in [0.2, 0.25) is 0 Å². The van der Waals surface area contributed by atoms with Gasteiger partial charge in [-0.2, -0.15) is 15.5 Å². The van der Waals surface area contributed by atoms with Crippen molar-refractivity contribution in [1.82, 2.24) is 9.97 Å².